The minimum absolute atomic E-state index is 0.401. The molecule has 0 saturated carbocycles. The summed E-state index contributed by atoms with van der Waals surface area (Å²) in [7, 11) is -3.38. The van der Waals surface area contributed by atoms with Crippen molar-refractivity contribution in [3.8, 4) is 0 Å². The van der Waals surface area contributed by atoms with E-state index in [1.165, 1.54) is 5.69 Å². The molecule has 144 valence electrons. The first kappa shape index (κ1) is 18.5. The van der Waals surface area contributed by atoms with Crippen LogP contribution in [0.3, 0.4) is 0 Å². The number of para-hydroxylation sites is 1. The molecule has 6 heteroatoms. The summed E-state index contributed by atoms with van der Waals surface area (Å²) in [5, 5.41) is 0. The first-order valence-corrected chi connectivity index (χ1v) is 11.1. The number of aryl methyl sites for hydroxylation is 1. The first-order valence-electron chi connectivity index (χ1n) is 9.65. The van der Waals surface area contributed by atoms with Crippen LogP contribution in [0.25, 0.3) is 0 Å². The van der Waals surface area contributed by atoms with Gasteiger partial charge in [0.15, 0.2) is 0 Å². The Hall–Kier alpha value is -1.89. The number of nitrogens with zero attached hydrogens (tertiary/aromatic N) is 3. The summed E-state index contributed by atoms with van der Waals surface area (Å²) < 4.78 is 27.4. The predicted octanol–water partition coefficient (Wildman–Crippen LogP) is 2.58. The van der Waals surface area contributed by atoms with Gasteiger partial charge in [0.05, 0.1) is 4.90 Å². The van der Waals surface area contributed by atoms with Gasteiger partial charge in [-0.25, -0.2) is 8.42 Å². The van der Waals surface area contributed by atoms with Crippen LogP contribution in [0.1, 0.15) is 12.0 Å². The normalized spacial score (nSPS) is 22.3. The third-order valence-corrected chi connectivity index (χ3v) is 7.65. The second-order valence-corrected chi connectivity index (χ2v) is 9.42. The van der Waals surface area contributed by atoms with Crippen molar-refractivity contribution in [3.63, 3.8) is 0 Å². The lowest BCUT2D eigenvalue weighted by molar-refractivity contribution is 0.146. The fourth-order valence-electron chi connectivity index (χ4n) is 4.08. The molecule has 0 radical (unpaired) electrons. The number of piperazine rings is 1. The summed E-state index contributed by atoms with van der Waals surface area (Å²) in [6.07, 6.45) is 1.14. The van der Waals surface area contributed by atoms with Crippen molar-refractivity contribution in [2.45, 2.75) is 24.3 Å². The van der Waals surface area contributed by atoms with E-state index in [9.17, 15) is 8.42 Å². The quantitative estimate of drug-likeness (QED) is 0.811. The second-order valence-electron chi connectivity index (χ2n) is 7.48. The van der Waals surface area contributed by atoms with E-state index in [1.807, 2.05) is 25.1 Å². The molecule has 4 rings (SSSR count). The van der Waals surface area contributed by atoms with Crippen molar-refractivity contribution in [3.05, 3.63) is 60.2 Å². The molecule has 2 aromatic rings. The minimum atomic E-state index is -3.38. The largest absolute Gasteiger partial charge is 0.370 e. The number of rotatable bonds is 4. The van der Waals surface area contributed by atoms with Crippen LogP contribution in [0.5, 0.6) is 0 Å². The van der Waals surface area contributed by atoms with E-state index < -0.39 is 10.0 Å². The lowest BCUT2D eigenvalue weighted by atomic mass is 10.2. The van der Waals surface area contributed by atoms with E-state index in [1.54, 1.807) is 16.4 Å². The molecule has 2 saturated heterocycles. The zero-order valence-electron chi connectivity index (χ0n) is 15.8. The monoisotopic (exact) mass is 385 g/mol. The fourth-order valence-corrected chi connectivity index (χ4v) is 5.50. The zero-order valence-corrected chi connectivity index (χ0v) is 16.6. The molecule has 2 fully saturated rings. The van der Waals surface area contributed by atoms with Crippen molar-refractivity contribution in [1.82, 2.24) is 9.21 Å². The maximum Gasteiger partial charge on any atom is 0.243 e. The summed E-state index contributed by atoms with van der Waals surface area (Å²) in [4.78, 5) is 5.29. The zero-order chi connectivity index (χ0) is 18.9. The highest BCUT2D eigenvalue weighted by Gasteiger charge is 2.33. The molecule has 2 heterocycles. The molecular formula is C21H27N3O2S. The molecule has 0 aliphatic carbocycles. The Morgan fingerprint density at radius 2 is 1.52 bits per heavy atom. The van der Waals surface area contributed by atoms with Crippen LogP contribution < -0.4 is 4.90 Å². The van der Waals surface area contributed by atoms with Crippen LogP contribution in [0.4, 0.5) is 5.69 Å². The van der Waals surface area contributed by atoms with E-state index in [2.05, 4.69) is 34.1 Å². The van der Waals surface area contributed by atoms with Crippen molar-refractivity contribution in [1.29, 1.82) is 0 Å². The van der Waals surface area contributed by atoms with Crippen LogP contribution >= 0.6 is 0 Å². The Morgan fingerprint density at radius 1 is 0.852 bits per heavy atom. The summed E-state index contributed by atoms with van der Waals surface area (Å²) in [5.41, 5.74) is 2.35. The smallest absolute Gasteiger partial charge is 0.243 e. The van der Waals surface area contributed by atoms with Gasteiger partial charge in [-0.15, -0.1) is 0 Å². The molecule has 1 unspecified atom stereocenters. The molecule has 2 aliphatic heterocycles. The van der Waals surface area contributed by atoms with Gasteiger partial charge < -0.3 is 4.90 Å². The summed E-state index contributed by atoms with van der Waals surface area (Å²) in [6, 6.07) is 18.2. The van der Waals surface area contributed by atoms with Gasteiger partial charge in [-0.2, -0.15) is 4.31 Å². The van der Waals surface area contributed by atoms with Crippen molar-refractivity contribution in [2.24, 2.45) is 0 Å². The number of sulfonamides is 1. The molecule has 0 aromatic heterocycles. The molecule has 0 spiro atoms. The number of anilines is 1. The average molecular weight is 386 g/mol. The third kappa shape index (κ3) is 3.88. The fraction of sp³-hybridized carbons (Fsp3) is 0.429. The van der Waals surface area contributed by atoms with Crippen LogP contribution in [0.2, 0.25) is 0 Å². The summed E-state index contributed by atoms with van der Waals surface area (Å²) in [6.45, 7) is 6.80. The second kappa shape index (κ2) is 7.62. The van der Waals surface area contributed by atoms with Crippen molar-refractivity contribution < 1.29 is 8.42 Å². The summed E-state index contributed by atoms with van der Waals surface area (Å²) >= 11 is 0. The van der Waals surface area contributed by atoms with E-state index in [4.69, 9.17) is 0 Å². The molecule has 1 atom stereocenters. The SMILES string of the molecule is Cc1ccc(S(=O)(=O)N2CCN(C3CCN(c4ccccc4)C3)CC2)cc1. The number of hydrogen-bond donors (Lipinski definition) is 0. The molecule has 0 N–H and O–H groups in total. The third-order valence-electron chi connectivity index (χ3n) is 5.73. The molecule has 27 heavy (non-hydrogen) atoms. The van der Waals surface area contributed by atoms with Crippen molar-refractivity contribution >= 4 is 15.7 Å². The topological polar surface area (TPSA) is 43.9 Å². The van der Waals surface area contributed by atoms with E-state index in [0.29, 0.717) is 24.0 Å². The minimum Gasteiger partial charge on any atom is -0.370 e. The van der Waals surface area contributed by atoms with E-state index in [0.717, 1.165) is 38.2 Å². The van der Waals surface area contributed by atoms with Gasteiger partial charge in [-0.3, -0.25) is 4.90 Å². The Bertz CT molecular complexity index is 860. The lowest BCUT2D eigenvalue weighted by Crippen LogP contribution is -2.52. The van der Waals surface area contributed by atoms with Crippen molar-refractivity contribution in [2.75, 3.05) is 44.2 Å². The Kier molecular flexibility index (Phi) is 5.21. The van der Waals surface area contributed by atoms with Gasteiger partial charge in [0.1, 0.15) is 0 Å². The Morgan fingerprint density at radius 3 is 2.19 bits per heavy atom. The summed E-state index contributed by atoms with van der Waals surface area (Å²) in [5.74, 6) is 0. The standard InChI is InChI=1S/C21H27N3O2S/c1-18-7-9-21(10-8-18)27(25,26)24-15-13-22(14-16-24)20-11-12-23(17-20)19-5-3-2-4-6-19/h2-10,20H,11-17H2,1H3. The maximum atomic E-state index is 12.9. The molecule has 2 aliphatic rings. The highest BCUT2D eigenvalue weighted by atomic mass is 32.2. The van der Waals surface area contributed by atoms with Gasteiger partial charge in [0, 0.05) is 51.0 Å². The van der Waals surface area contributed by atoms with Gasteiger partial charge in [0.2, 0.25) is 10.0 Å². The van der Waals surface area contributed by atoms with Gasteiger partial charge in [0.25, 0.3) is 0 Å². The first-order chi connectivity index (χ1) is 13.0. The van der Waals surface area contributed by atoms with Gasteiger partial charge in [-0.1, -0.05) is 35.9 Å². The highest BCUT2D eigenvalue weighted by molar-refractivity contribution is 7.89. The number of benzene rings is 2. The van der Waals surface area contributed by atoms with Crippen LogP contribution in [-0.2, 0) is 10.0 Å². The Labute approximate surface area is 162 Å². The molecule has 5 nitrogen and oxygen atoms in total. The van der Waals surface area contributed by atoms with Gasteiger partial charge >= 0.3 is 0 Å². The van der Waals surface area contributed by atoms with Crippen LogP contribution in [0.15, 0.2) is 59.5 Å². The van der Waals surface area contributed by atoms with E-state index >= 15 is 0 Å². The molecule has 0 bridgehead atoms. The molecule has 0 amide bonds. The molecular weight excluding hydrogens is 358 g/mol. The predicted molar refractivity (Wildman–Crippen MR) is 109 cm³/mol. The van der Waals surface area contributed by atoms with Crippen LogP contribution in [0, 0.1) is 6.92 Å². The lowest BCUT2D eigenvalue weighted by Gasteiger charge is -2.37. The molecule has 2 aromatic carbocycles. The van der Waals surface area contributed by atoms with E-state index in [-0.39, 0.29) is 0 Å². The average Bonchev–Trinajstić information content (AvgIpc) is 3.19. The van der Waals surface area contributed by atoms with Gasteiger partial charge in [-0.05, 0) is 37.6 Å². The number of hydrogen-bond acceptors (Lipinski definition) is 4. The maximum absolute atomic E-state index is 12.9. The van der Waals surface area contributed by atoms with Crippen LogP contribution in [-0.4, -0.2) is 62.9 Å². The Balaban J connectivity index is 1.36. The highest BCUT2D eigenvalue weighted by Crippen LogP contribution is 2.25.